The van der Waals surface area contributed by atoms with Gasteiger partial charge in [0.2, 0.25) is 5.91 Å². The number of aromatic nitrogens is 3. The number of likely N-dealkylation sites (tertiary alicyclic amines) is 1. The molecule has 1 amide bonds. The first-order chi connectivity index (χ1) is 15.9. The lowest BCUT2D eigenvalue weighted by Crippen LogP contribution is -2.37. The van der Waals surface area contributed by atoms with Crippen molar-refractivity contribution in [1.29, 1.82) is 0 Å². The molecule has 1 aromatic carbocycles. The van der Waals surface area contributed by atoms with Gasteiger partial charge in [0.05, 0.1) is 25.3 Å². The number of carbonyl (C=O) groups excluding carboxylic acids is 1. The summed E-state index contributed by atoms with van der Waals surface area (Å²) in [5.41, 5.74) is 10.5. The van der Waals surface area contributed by atoms with Crippen molar-refractivity contribution in [3.63, 3.8) is 0 Å². The van der Waals surface area contributed by atoms with Crippen LogP contribution in [0.5, 0.6) is 5.75 Å². The summed E-state index contributed by atoms with van der Waals surface area (Å²) in [7, 11) is 3.27. The van der Waals surface area contributed by atoms with Crippen LogP contribution in [0.2, 0.25) is 0 Å². The number of hydrogen-bond donors (Lipinski definition) is 1. The zero-order valence-electron chi connectivity index (χ0n) is 19.0. The molecule has 3 aromatic rings. The lowest BCUT2D eigenvalue weighted by molar-refractivity contribution is -0.127. The molecule has 0 spiro atoms. The summed E-state index contributed by atoms with van der Waals surface area (Å²) in [6.07, 6.45) is 3.52. The normalized spacial score (nSPS) is 17.6. The van der Waals surface area contributed by atoms with E-state index in [1.807, 2.05) is 31.2 Å². The first-order valence-electron chi connectivity index (χ1n) is 10.7. The van der Waals surface area contributed by atoms with Gasteiger partial charge in [0.25, 0.3) is 0 Å². The number of benzene rings is 1. The predicted molar refractivity (Wildman–Crippen MR) is 126 cm³/mol. The number of aryl methyl sites for hydroxylation is 1. The standard InChI is InChI=1S/C25H27N5O3/c1-5-23(31)29-13-19(11-20(29)14-32-3)22-12-18(24-25(26)27-15-28-30(22)24)7-6-17-8-16(2)9-21(10-17)33-4/h5,8-10,12,15,19-20H,1,11,13-14H2,2-4H3,(H2,26,27,28)/t19-,20-/m1/s1. The highest BCUT2D eigenvalue weighted by Gasteiger charge is 2.36. The molecule has 0 saturated carbocycles. The average molecular weight is 446 g/mol. The fourth-order valence-electron chi connectivity index (χ4n) is 4.42. The number of methoxy groups -OCH3 is 2. The molecule has 1 saturated heterocycles. The van der Waals surface area contributed by atoms with E-state index in [4.69, 9.17) is 15.2 Å². The van der Waals surface area contributed by atoms with Crippen molar-refractivity contribution in [2.75, 3.05) is 33.1 Å². The van der Waals surface area contributed by atoms with Gasteiger partial charge >= 0.3 is 0 Å². The van der Waals surface area contributed by atoms with Gasteiger partial charge in [0.1, 0.15) is 17.6 Å². The molecular formula is C25H27N5O3. The molecule has 4 rings (SSSR count). The summed E-state index contributed by atoms with van der Waals surface area (Å²) in [6.45, 7) is 6.63. The maximum Gasteiger partial charge on any atom is 0.246 e. The van der Waals surface area contributed by atoms with Crippen LogP contribution in [0.15, 0.2) is 43.2 Å². The van der Waals surface area contributed by atoms with Crippen LogP contribution in [0.25, 0.3) is 5.52 Å². The third-order valence-corrected chi connectivity index (χ3v) is 5.89. The number of rotatable bonds is 5. The molecule has 33 heavy (non-hydrogen) atoms. The van der Waals surface area contributed by atoms with Gasteiger partial charge in [0, 0.05) is 30.8 Å². The number of nitrogens with two attached hydrogens (primary N) is 1. The van der Waals surface area contributed by atoms with Crippen LogP contribution in [0.4, 0.5) is 5.82 Å². The lowest BCUT2D eigenvalue weighted by atomic mass is 10.0. The second-order valence-electron chi connectivity index (χ2n) is 8.11. The number of fused-ring (bicyclic) bond motifs is 1. The molecule has 0 radical (unpaired) electrons. The molecule has 1 fully saturated rings. The molecule has 1 aliphatic heterocycles. The highest BCUT2D eigenvalue weighted by molar-refractivity contribution is 5.87. The molecule has 0 unspecified atom stereocenters. The van der Waals surface area contributed by atoms with E-state index in [0.29, 0.717) is 24.5 Å². The summed E-state index contributed by atoms with van der Waals surface area (Å²) in [6, 6.07) is 7.81. The Balaban J connectivity index is 1.76. The highest BCUT2D eigenvalue weighted by atomic mass is 16.5. The molecule has 2 aromatic heterocycles. The van der Waals surface area contributed by atoms with Gasteiger partial charge in [-0.2, -0.15) is 5.10 Å². The molecule has 2 atom stereocenters. The fraction of sp³-hybridized carbons (Fsp3) is 0.320. The first kappa shape index (κ1) is 22.4. The largest absolute Gasteiger partial charge is 0.497 e. The molecule has 0 aliphatic carbocycles. The van der Waals surface area contributed by atoms with Crippen LogP contribution in [0.3, 0.4) is 0 Å². The Bertz CT molecular complexity index is 1270. The van der Waals surface area contributed by atoms with E-state index in [9.17, 15) is 4.79 Å². The SMILES string of the molecule is C=CC(=O)N1C[C@H](c2cc(C#Cc3cc(C)cc(OC)c3)c3c(N)ncnn23)C[C@@H]1COC. The van der Waals surface area contributed by atoms with Gasteiger partial charge in [-0.25, -0.2) is 9.50 Å². The second-order valence-corrected chi connectivity index (χ2v) is 8.11. The van der Waals surface area contributed by atoms with E-state index in [0.717, 1.165) is 34.6 Å². The number of hydrogen-bond acceptors (Lipinski definition) is 6. The number of anilines is 1. The zero-order chi connectivity index (χ0) is 23.5. The Morgan fingerprint density at radius 2 is 2.12 bits per heavy atom. The number of nitrogens with zero attached hydrogens (tertiary/aromatic N) is 4. The van der Waals surface area contributed by atoms with Crippen LogP contribution < -0.4 is 10.5 Å². The second kappa shape index (κ2) is 9.35. The molecule has 1 aliphatic rings. The Morgan fingerprint density at radius 1 is 1.30 bits per heavy atom. The van der Waals surface area contributed by atoms with E-state index in [2.05, 4.69) is 28.5 Å². The average Bonchev–Trinajstić information content (AvgIpc) is 3.39. The Hall–Kier alpha value is -3.83. The minimum absolute atomic E-state index is 0.0375. The van der Waals surface area contributed by atoms with Crippen LogP contribution in [-0.4, -0.2) is 58.8 Å². The number of carbonyl (C=O) groups is 1. The zero-order valence-corrected chi connectivity index (χ0v) is 19.0. The number of nitrogen functional groups attached to an aromatic ring is 1. The summed E-state index contributed by atoms with van der Waals surface area (Å²) < 4.78 is 12.5. The quantitative estimate of drug-likeness (QED) is 0.479. The Labute approximate surface area is 193 Å². The first-order valence-corrected chi connectivity index (χ1v) is 10.7. The van der Waals surface area contributed by atoms with E-state index >= 15 is 0 Å². The van der Waals surface area contributed by atoms with Crippen molar-refractivity contribution >= 4 is 17.2 Å². The summed E-state index contributed by atoms with van der Waals surface area (Å²) in [5.74, 6) is 7.50. The summed E-state index contributed by atoms with van der Waals surface area (Å²) in [4.78, 5) is 18.4. The predicted octanol–water partition coefficient (Wildman–Crippen LogP) is 2.55. The van der Waals surface area contributed by atoms with E-state index in [1.165, 1.54) is 12.4 Å². The molecule has 8 nitrogen and oxygen atoms in total. The van der Waals surface area contributed by atoms with Gasteiger partial charge < -0.3 is 20.1 Å². The van der Waals surface area contributed by atoms with Crippen LogP contribution in [0, 0.1) is 18.8 Å². The highest BCUT2D eigenvalue weighted by Crippen LogP contribution is 2.34. The van der Waals surface area contributed by atoms with Gasteiger partial charge in [-0.15, -0.1) is 0 Å². The van der Waals surface area contributed by atoms with E-state index < -0.39 is 0 Å². The van der Waals surface area contributed by atoms with Crippen molar-refractivity contribution in [2.24, 2.45) is 0 Å². The van der Waals surface area contributed by atoms with Crippen LogP contribution >= 0.6 is 0 Å². The van der Waals surface area contributed by atoms with Crippen LogP contribution in [0.1, 0.15) is 34.7 Å². The number of ether oxygens (including phenoxy) is 2. The molecule has 8 heteroatoms. The van der Waals surface area contributed by atoms with Gasteiger partial charge in [0.15, 0.2) is 5.82 Å². The summed E-state index contributed by atoms with van der Waals surface area (Å²) >= 11 is 0. The summed E-state index contributed by atoms with van der Waals surface area (Å²) in [5, 5.41) is 4.45. The van der Waals surface area contributed by atoms with E-state index in [-0.39, 0.29) is 17.9 Å². The molecular weight excluding hydrogens is 418 g/mol. The van der Waals surface area contributed by atoms with E-state index in [1.54, 1.807) is 23.6 Å². The van der Waals surface area contributed by atoms with Crippen molar-refractivity contribution in [3.05, 3.63) is 65.6 Å². The monoisotopic (exact) mass is 445 g/mol. The van der Waals surface area contributed by atoms with Crippen molar-refractivity contribution in [3.8, 4) is 17.6 Å². The molecule has 170 valence electrons. The van der Waals surface area contributed by atoms with Gasteiger partial charge in [-0.1, -0.05) is 18.4 Å². The molecule has 3 heterocycles. The Kier molecular flexibility index (Phi) is 6.33. The van der Waals surface area contributed by atoms with Crippen molar-refractivity contribution < 1.29 is 14.3 Å². The minimum atomic E-state index is -0.108. The maximum atomic E-state index is 12.4. The lowest BCUT2D eigenvalue weighted by Gasteiger charge is -2.22. The van der Waals surface area contributed by atoms with Crippen molar-refractivity contribution in [1.82, 2.24) is 19.5 Å². The third-order valence-electron chi connectivity index (χ3n) is 5.89. The van der Waals surface area contributed by atoms with Crippen molar-refractivity contribution in [2.45, 2.75) is 25.3 Å². The minimum Gasteiger partial charge on any atom is -0.497 e. The van der Waals surface area contributed by atoms with Gasteiger partial charge in [-0.05, 0) is 49.2 Å². The fourth-order valence-corrected chi connectivity index (χ4v) is 4.42. The third kappa shape index (κ3) is 4.41. The molecule has 0 bridgehead atoms. The smallest absolute Gasteiger partial charge is 0.246 e. The maximum absolute atomic E-state index is 12.4. The van der Waals surface area contributed by atoms with Gasteiger partial charge in [-0.3, -0.25) is 4.79 Å². The number of amides is 1. The topological polar surface area (TPSA) is 95.0 Å². The van der Waals surface area contributed by atoms with Crippen LogP contribution in [-0.2, 0) is 9.53 Å². The molecule has 2 N–H and O–H groups in total. The Morgan fingerprint density at radius 3 is 2.85 bits per heavy atom.